The van der Waals surface area contributed by atoms with Crippen LogP contribution in [0, 0.1) is 0 Å². The molecule has 9 N–H and O–H groups in total. The minimum atomic E-state index is -5.07. The lowest BCUT2D eigenvalue weighted by atomic mass is 10.1. The van der Waals surface area contributed by atoms with Crippen LogP contribution in [-0.2, 0) is 36.7 Å². The molecular formula is C20H23BN10O13P2. The van der Waals surface area contributed by atoms with Crippen molar-refractivity contribution >= 4 is 57.1 Å². The predicted octanol–water partition coefficient (Wildman–Crippen LogP) is -2.87. The zero-order valence-corrected chi connectivity index (χ0v) is 24.7. The van der Waals surface area contributed by atoms with E-state index in [1.54, 1.807) is 0 Å². The first-order chi connectivity index (χ1) is 21.7. The van der Waals surface area contributed by atoms with Crippen LogP contribution >= 0.6 is 15.3 Å². The van der Waals surface area contributed by atoms with E-state index in [4.69, 9.17) is 46.6 Å². The van der Waals surface area contributed by atoms with E-state index in [-0.39, 0.29) is 34.2 Å². The molecule has 0 bridgehead atoms. The van der Waals surface area contributed by atoms with E-state index in [0.717, 1.165) is 21.8 Å². The number of H-pyrrole nitrogens is 2. The Kier molecular flexibility index (Phi) is 7.45. The van der Waals surface area contributed by atoms with Crippen LogP contribution in [0.25, 0.3) is 22.3 Å². The van der Waals surface area contributed by atoms with Crippen molar-refractivity contribution in [2.24, 2.45) is 0 Å². The van der Waals surface area contributed by atoms with Crippen LogP contribution in [-0.4, -0.2) is 112 Å². The fourth-order valence-corrected chi connectivity index (χ4v) is 7.39. The summed E-state index contributed by atoms with van der Waals surface area (Å²) in [5.41, 5.74) is 9.45. The molecule has 0 aliphatic carbocycles. The fraction of sp³-hybridized carbons (Fsp3) is 0.500. The summed E-state index contributed by atoms with van der Waals surface area (Å²) >= 11 is 0. The van der Waals surface area contributed by atoms with Gasteiger partial charge in [-0.1, -0.05) is 0 Å². The van der Waals surface area contributed by atoms with Crippen LogP contribution in [0.1, 0.15) is 12.5 Å². The number of aliphatic hydroxyl groups is 2. The van der Waals surface area contributed by atoms with Crippen molar-refractivity contribution in [1.82, 2.24) is 39.0 Å². The fourth-order valence-electron chi connectivity index (χ4n) is 5.42. The Morgan fingerprint density at radius 2 is 1.28 bits per heavy atom. The molecule has 2 radical (unpaired) electrons. The van der Waals surface area contributed by atoms with E-state index >= 15 is 0 Å². The van der Waals surface area contributed by atoms with Gasteiger partial charge in [0.15, 0.2) is 34.8 Å². The monoisotopic (exact) mass is 684 g/mol. The van der Waals surface area contributed by atoms with Gasteiger partial charge in [-0.3, -0.25) is 42.3 Å². The summed E-state index contributed by atoms with van der Waals surface area (Å²) in [6.45, 7) is -1.56. The first kappa shape index (κ1) is 31.1. The second-order valence-corrected chi connectivity index (χ2v) is 13.4. The standard InChI is InChI=1S/C20H23BN10O13P2/c21-45(36)39-1-5-12(10(33)18(41-5)31-4-25-8-14(31)27-20(23)29-16(8)35)44-46(37,38)40-2-6-11(43-45)9(32)17(42-6)30-3-24-7-13(30)26-19(22)28-15(7)34/h3-6,9-12,17-18,32-33H,1-2H2,(H,37,38)(H3,22,26,28,34)(H3,23,27,29,35)/t5-,6-,9-,10-,11-,12-,17-,18-,45?/m1/s1. The second-order valence-electron chi connectivity index (χ2n) is 10.4. The van der Waals surface area contributed by atoms with Crippen molar-refractivity contribution in [2.75, 3.05) is 24.7 Å². The highest BCUT2D eigenvalue weighted by Crippen LogP contribution is 2.53. The van der Waals surface area contributed by atoms with Crippen molar-refractivity contribution < 1.29 is 51.8 Å². The summed E-state index contributed by atoms with van der Waals surface area (Å²) in [6, 6.07) is 0. The molecule has 0 amide bonds. The number of hydrogen-bond acceptors (Lipinski definition) is 18. The minimum Gasteiger partial charge on any atom is -0.386 e. The minimum absolute atomic E-state index is 0.0893. The summed E-state index contributed by atoms with van der Waals surface area (Å²) in [4.78, 5) is 55.5. The molecule has 4 aromatic rings. The Balaban J connectivity index is 1.18. The Labute approximate surface area is 255 Å². The maximum atomic E-state index is 13.3. The average molecular weight is 684 g/mol. The molecule has 3 fully saturated rings. The number of anilines is 2. The van der Waals surface area contributed by atoms with Gasteiger partial charge in [-0.05, 0) is 0 Å². The van der Waals surface area contributed by atoms with Gasteiger partial charge in [-0.15, -0.1) is 0 Å². The van der Waals surface area contributed by atoms with Crippen molar-refractivity contribution in [3.05, 3.63) is 33.4 Å². The van der Waals surface area contributed by atoms with E-state index < -0.39 is 88.7 Å². The second kappa shape index (κ2) is 11.0. The number of aromatic amines is 2. The van der Waals surface area contributed by atoms with E-state index in [1.807, 2.05) is 0 Å². The lowest BCUT2D eigenvalue weighted by Crippen LogP contribution is -2.39. The quantitative estimate of drug-likeness (QED) is 0.0824. The Morgan fingerprint density at radius 3 is 1.78 bits per heavy atom. The van der Waals surface area contributed by atoms with E-state index in [9.17, 15) is 33.8 Å². The lowest BCUT2D eigenvalue weighted by Gasteiger charge is -2.29. The highest BCUT2D eigenvalue weighted by atomic mass is 31.2. The maximum Gasteiger partial charge on any atom is 0.472 e. The summed E-state index contributed by atoms with van der Waals surface area (Å²) in [5.74, 6) is -0.525. The van der Waals surface area contributed by atoms with Crippen molar-refractivity contribution in [3.63, 3.8) is 0 Å². The molecule has 4 aromatic heterocycles. The SMILES string of the molecule is [B]P1(=O)OC[C@H]2O[C@@H](n3cnc4c(=O)[nH]c(N)nc43)[C@H](O)[C@@H]2OP(=O)(O)OC[C@H]2O[C@@H](n3cnc4c(=O)[nH]c(N)nc43)[C@H](O)[C@@H]2O1. The number of nitrogen functional groups attached to an aromatic ring is 2. The number of imidazole rings is 2. The van der Waals surface area contributed by atoms with Gasteiger partial charge in [0.05, 0.1) is 25.9 Å². The summed E-state index contributed by atoms with van der Waals surface area (Å²) in [5, 5.41) is 22.3. The number of aliphatic hydroxyl groups excluding tert-OH is 2. The van der Waals surface area contributed by atoms with Gasteiger partial charge >= 0.3 is 7.82 Å². The van der Waals surface area contributed by atoms with Gasteiger partial charge < -0.3 is 45.1 Å². The molecule has 0 spiro atoms. The number of phosphoric acid groups is 1. The summed E-state index contributed by atoms with van der Waals surface area (Å²) < 4.78 is 61.5. The topological polar surface area (TPSA) is 329 Å². The third-order valence-electron chi connectivity index (χ3n) is 7.41. The largest absolute Gasteiger partial charge is 0.472 e. The van der Waals surface area contributed by atoms with Crippen LogP contribution in [0.5, 0.6) is 0 Å². The molecular weight excluding hydrogens is 661 g/mol. The van der Waals surface area contributed by atoms with Gasteiger partial charge in [0.25, 0.3) is 18.6 Å². The molecule has 7 heterocycles. The first-order valence-electron chi connectivity index (χ1n) is 13.2. The van der Waals surface area contributed by atoms with Gasteiger partial charge in [0.2, 0.25) is 19.5 Å². The average Bonchev–Trinajstić information content (AvgIpc) is 3.72. The third kappa shape index (κ3) is 5.36. The van der Waals surface area contributed by atoms with E-state index in [1.165, 1.54) is 0 Å². The molecule has 244 valence electrons. The molecule has 26 heteroatoms. The molecule has 3 saturated heterocycles. The van der Waals surface area contributed by atoms with Crippen LogP contribution in [0.2, 0.25) is 0 Å². The Hall–Kier alpha value is -3.54. The van der Waals surface area contributed by atoms with Gasteiger partial charge in [-0.25, -0.2) is 14.5 Å². The van der Waals surface area contributed by atoms with Crippen LogP contribution in [0.15, 0.2) is 22.2 Å². The summed E-state index contributed by atoms with van der Waals surface area (Å²) in [7, 11) is -3.82. The predicted molar refractivity (Wildman–Crippen MR) is 150 cm³/mol. The number of aromatic nitrogens is 8. The first-order valence-corrected chi connectivity index (χ1v) is 16.3. The maximum absolute atomic E-state index is 13.3. The number of nitrogens with two attached hydrogens (primary N) is 2. The molecule has 23 nitrogen and oxygen atoms in total. The molecule has 0 saturated carbocycles. The van der Waals surface area contributed by atoms with Crippen molar-refractivity contribution in [2.45, 2.75) is 49.1 Å². The number of ether oxygens (including phenoxy) is 2. The number of hydrogen-bond donors (Lipinski definition) is 7. The smallest absolute Gasteiger partial charge is 0.386 e. The number of fused-ring (bicyclic) bond motifs is 4. The third-order valence-corrected chi connectivity index (χ3v) is 9.44. The van der Waals surface area contributed by atoms with Crippen molar-refractivity contribution in [3.8, 4) is 0 Å². The molecule has 0 aromatic carbocycles. The highest BCUT2D eigenvalue weighted by molar-refractivity contribution is 7.79. The normalized spacial score (nSPS) is 37.1. The lowest BCUT2D eigenvalue weighted by molar-refractivity contribution is -0.0615. The zero-order chi connectivity index (χ0) is 32.7. The summed E-state index contributed by atoms with van der Waals surface area (Å²) in [6.07, 6.45) is -10.3. The van der Waals surface area contributed by atoms with Gasteiger partial charge in [-0.2, -0.15) is 9.97 Å². The molecule has 7 rings (SSSR count). The number of nitrogens with one attached hydrogen (secondary N) is 2. The highest BCUT2D eigenvalue weighted by Gasteiger charge is 2.53. The molecule has 46 heavy (non-hydrogen) atoms. The van der Waals surface area contributed by atoms with Gasteiger partial charge in [0, 0.05) is 0 Å². The molecule has 3 aliphatic rings. The van der Waals surface area contributed by atoms with E-state index in [2.05, 4.69) is 29.9 Å². The van der Waals surface area contributed by atoms with Gasteiger partial charge in [0.1, 0.15) is 36.6 Å². The molecule has 2 unspecified atom stereocenters. The number of phosphoric ester groups is 1. The van der Waals surface area contributed by atoms with Crippen LogP contribution in [0.3, 0.4) is 0 Å². The molecule has 10 atom stereocenters. The van der Waals surface area contributed by atoms with Crippen molar-refractivity contribution in [1.29, 1.82) is 0 Å². The van der Waals surface area contributed by atoms with E-state index in [0.29, 0.717) is 0 Å². The zero-order valence-electron chi connectivity index (χ0n) is 22.9. The number of nitrogens with zero attached hydrogens (tertiary/aromatic N) is 6. The van der Waals surface area contributed by atoms with Crippen LogP contribution in [0.4, 0.5) is 11.9 Å². The molecule has 3 aliphatic heterocycles. The Bertz CT molecular complexity index is 1910. The Morgan fingerprint density at radius 1 is 0.826 bits per heavy atom. The number of rotatable bonds is 2. The van der Waals surface area contributed by atoms with Crippen LogP contribution < -0.4 is 22.6 Å².